The zero-order chi connectivity index (χ0) is 21.7. The van der Waals surface area contributed by atoms with Crippen LogP contribution in [0.1, 0.15) is 103 Å². The normalized spacial score (nSPS) is 22.6. The molecular formula is C22H38N2O3S2. The van der Waals surface area contributed by atoms with Crippen molar-refractivity contribution in [1.29, 1.82) is 0 Å². The summed E-state index contributed by atoms with van der Waals surface area (Å²) < 4.78 is 21.3. The molecule has 29 heavy (non-hydrogen) atoms. The highest BCUT2D eigenvalue weighted by atomic mass is 32.2. The number of fused-ring (bicyclic) bond motifs is 1. The number of aryl methyl sites for hydroxylation is 1. The van der Waals surface area contributed by atoms with E-state index in [2.05, 4.69) is 9.71 Å². The predicted octanol–water partition coefficient (Wildman–Crippen LogP) is 5.48. The first-order chi connectivity index (χ1) is 13.5. The fourth-order valence-corrected chi connectivity index (χ4v) is 5.29. The molecule has 3 atom stereocenters. The molecule has 1 unspecified atom stereocenters. The third-order valence-corrected chi connectivity index (χ3v) is 7.63. The highest BCUT2D eigenvalue weighted by Crippen LogP contribution is 2.33. The van der Waals surface area contributed by atoms with Gasteiger partial charge in [0, 0.05) is 22.7 Å². The van der Waals surface area contributed by atoms with Crippen LogP contribution in [-0.2, 0) is 27.3 Å². The summed E-state index contributed by atoms with van der Waals surface area (Å²) in [5, 5.41) is 0. The van der Waals surface area contributed by atoms with E-state index in [1.165, 1.54) is 11.3 Å². The van der Waals surface area contributed by atoms with Gasteiger partial charge in [-0.2, -0.15) is 0 Å². The van der Waals surface area contributed by atoms with Crippen LogP contribution in [0.4, 0.5) is 0 Å². The zero-order valence-electron chi connectivity index (χ0n) is 18.9. The van der Waals surface area contributed by atoms with E-state index in [-0.39, 0.29) is 16.8 Å². The maximum Gasteiger partial charge on any atom is 0.306 e. The fraction of sp³-hybridized carbons (Fsp3) is 0.818. The van der Waals surface area contributed by atoms with Gasteiger partial charge in [0.25, 0.3) is 0 Å². The van der Waals surface area contributed by atoms with Crippen molar-refractivity contribution in [3.05, 3.63) is 16.1 Å². The van der Waals surface area contributed by atoms with E-state index in [9.17, 15) is 9.35 Å². The lowest BCUT2D eigenvalue weighted by Crippen LogP contribution is -2.41. The molecule has 2 rings (SSSR count). The van der Waals surface area contributed by atoms with Crippen LogP contribution >= 0.6 is 11.3 Å². The van der Waals surface area contributed by atoms with Gasteiger partial charge in [0.1, 0.15) is 10.3 Å². The number of nitrogens with one attached hydrogen (secondary N) is 1. The minimum atomic E-state index is -1.14. The van der Waals surface area contributed by atoms with Gasteiger partial charge in [-0.1, -0.05) is 12.8 Å². The summed E-state index contributed by atoms with van der Waals surface area (Å²) in [5.41, 5.74) is 2.55. The molecule has 1 N–H and O–H groups in total. The number of rotatable bonds is 5. The van der Waals surface area contributed by atoms with Gasteiger partial charge >= 0.3 is 5.97 Å². The summed E-state index contributed by atoms with van der Waals surface area (Å²) in [6, 6.07) is -0.00145. The van der Waals surface area contributed by atoms with Crippen molar-refractivity contribution < 1.29 is 14.1 Å². The van der Waals surface area contributed by atoms with E-state index in [0.717, 1.165) is 44.2 Å². The molecule has 0 aliphatic heterocycles. The van der Waals surface area contributed by atoms with Gasteiger partial charge in [-0.25, -0.2) is 4.98 Å². The molecule has 166 valence electrons. The number of carbonyl (C=O) groups excluding carboxylic acids is 1. The Morgan fingerprint density at radius 3 is 2.62 bits per heavy atom. The third kappa shape index (κ3) is 8.56. The molecule has 7 heteroatoms. The van der Waals surface area contributed by atoms with Crippen molar-refractivity contribution in [3.63, 3.8) is 0 Å². The molecule has 1 aliphatic rings. The van der Waals surface area contributed by atoms with Crippen molar-refractivity contribution in [2.75, 3.05) is 0 Å². The summed E-state index contributed by atoms with van der Waals surface area (Å²) in [6.07, 6.45) is 7.67. The molecular weight excluding hydrogens is 404 g/mol. The summed E-state index contributed by atoms with van der Waals surface area (Å²) >= 11 is 0.568. The minimum Gasteiger partial charge on any atom is -0.598 e. The second-order valence-electron chi connectivity index (χ2n) is 10.0. The lowest BCUT2D eigenvalue weighted by Gasteiger charge is -2.29. The third-order valence-electron chi connectivity index (χ3n) is 5.11. The van der Waals surface area contributed by atoms with Gasteiger partial charge in [0.15, 0.2) is 0 Å². The van der Waals surface area contributed by atoms with Crippen LogP contribution in [0.2, 0.25) is 0 Å². The van der Waals surface area contributed by atoms with Gasteiger partial charge in [-0.15, -0.1) is 16.1 Å². The Hall–Kier alpha value is -0.630. The number of nitrogens with zero attached hydrogens (tertiary/aromatic N) is 1. The average molecular weight is 443 g/mol. The zero-order valence-corrected chi connectivity index (χ0v) is 20.5. The molecule has 0 bridgehead atoms. The van der Waals surface area contributed by atoms with Gasteiger partial charge in [0.05, 0.1) is 17.2 Å². The molecule has 1 aliphatic carbocycles. The Morgan fingerprint density at radius 2 is 1.97 bits per heavy atom. The quantitative estimate of drug-likeness (QED) is 0.483. The largest absolute Gasteiger partial charge is 0.598 e. The first-order valence-electron chi connectivity index (χ1n) is 10.8. The fourth-order valence-electron chi connectivity index (χ4n) is 3.58. The smallest absolute Gasteiger partial charge is 0.306 e. The minimum absolute atomic E-state index is 0.00145. The molecule has 5 nitrogen and oxygen atoms in total. The molecule has 0 radical (unpaired) electrons. The van der Waals surface area contributed by atoms with Gasteiger partial charge in [-0.05, 0) is 79.6 Å². The number of hydrogen-bond donors (Lipinski definition) is 1. The number of hydrogen-bond acceptors (Lipinski definition) is 6. The standard InChI is InChI=1S/C22H38N2O3S2/c1-21(2,3)27-19(25)14-12-16-9-7-8-10-18-20(23-15-28-18)17(13-11-16)24-29(26)22(4,5)6/h15-17,24H,7-14H2,1-6H3/t16?,17-,29+/m0/s1. The maximum atomic E-state index is 12.8. The topological polar surface area (TPSA) is 74.3 Å². The van der Waals surface area contributed by atoms with E-state index in [1.807, 2.05) is 47.1 Å². The van der Waals surface area contributed by atoms with Crippen molar-refractivity contribution in [2.45, 2.75) is 109 Å². The Morgan fingerprint density at radius 1 is 1.24 bits per heavy atom. The SMILES string of the molecule is CC(C)(C)OC(=O)CCC1CCCCc2scnc2[C@@H](N[S@+]([O-])C(C)(C)C)CC1. The molecule has 0 amide bonds. The maximum absolute atomic E-state index is 12.8. The van der Waals surface area contributed by atoms with E-state index < -0.39 is 17.0 Å². The van der Waals surface area contributed by atoms with Crippen molar-refractivity contribution in [1.82, 2.24) is 9.71 Å². The summed E-state index contributed by atoms with van der Waals surface area (Å²) in [6.45, 7) is 11.7. The molecule has 0 saturated heterocycles. The van der Waals surface area contributed by atoms with Crippen molar-refractivity contribution in [2.24, 2.45) is 5.92 Å². The first-order valence-corrected chi connectivity index (χ1v) is 12.8. The molecule has 0 spiro atoms. The Bertz CT molecular complexity index is 649. The van der Waals surface area contributed by atoms with Crippen LogP contribution in [0.25, 0.3) is 0 Å². The van der Waals surface area contributed by atoms with Gasteiger partial charge in [0.2, 0.25) is 0 Å². The molecule has 0 fully saturated rings. The monoisotopic (exact) mass is 442 g/mol. The van der Waals surface area contributed by atoms with Gasteiger partial charge in [-0.3, -0.25) is 4.79 Å². The second-order valence-corrected chi connectivity index (χ2v) is 13.0. The Labute approximate surface area is 183 Å². The molecule has 1 aromatic rings. The van der Waals surface area contributed by atoms with Crippen LogP contribution in [-0.4, -0.2) is 25.9 Å². The van der Waals surface area contributed by atoms with E-state index in [1.54, 1.807) is 11.3 Å². The Balaban J connectivity index is 2.04. The van der Waals surface area contributed by atoms with Crippen LogP contribution in [0.5, 0.6) is 0 Å². The lowest BCUT2D eigenvalue weighted by atomic mass is 9.88. The van der Waals surface area contributed by atoms with E-state index >= 15 is 0 Å². The van der Waals surface area contributed by atoms with Crippen LogP contribution in [0.15, 0.2) is 5.51 Å². The first kappa shape index (κ1) is 24.6. The van der Waals surface area contributed by atoms with E-state index in [4.69, 9.17) is 4.74 Å². The highest BCUT2D eigenvalue weighted by Gasteiger charge is 2.32. The number of aromatic nitrogens is 1. The number of ether oxygens (including phenoxy) is 1. The highest BCUT2D eigenvalue weighted by molar-refractivity contribution is 7.90. The molecule has 0 aromatic carbocycles. The number of carbonyl (C=O) groups is 1. The van der Waals surface area contributed by atoms with Crippen LogP contribution < -0.4 is 4.72 Å². The molecule has 0 saturated carbocycles. The van der Waals surface area contributed by atoms with Crippen molar-refractivity contribution in [3.8, 4) is 0 Å². The van der Waals surface area contributed by atoms with E-state index in [0.29, 0.717) is 12.3 Å². The van der Waals surface area contributed by atoms with Crippen LogP contribution in [0.3, 0.4) is 0 Å². The number of thiazole rings is 1. The predicted molar refractivity (Wildman–Crippen MR) is 121 cm³/mol. The second kappa shape index (κ2) is 10.6. The Kier molecular flexibility index (Phi) is 9.01. The molecule has 1 heterocycles. The summed E-state index contributed by atoms with van der Waals surface area (Å²) in [5.74, 6) is 0.370. The number of esters is 1. The van der Waals surface area contributed by atoms with Crippen molar-refractivity contribution >= 4 is 28.7 Å². The van der Waals surface area contributed by atoms with Gasteiger partial charge < -0.3 is 9.29 Å². The molecule has 1 aromatic heterocycles. The average Bonchev–Trinajstić information content (AvgIpc) is 3.04. The lowest BCUT2D eigenvalue weighted by molar-refractivity contribution is -0.155. The van der Waals surface area contributed by atoms with Crippen LogP contribution in [0, 0.1) is 5.92 Å². The summed E-state index contributed by atoms with van der Waals surface area (Å²) in [4.78, 5) is 18.1. The summed E-state index contributed by atoms with van der Waals surface area (Å²) in [7, 11) is 0.